The molecule has 0 aliphatic heterocycles. The molecule has 3 rings (SSSR count). The number of nitrogens with two attached hydrogens (primary N) is 1. The molecular weight excluding hydrogens is 265 g/mol. The van der Waals surface area contributed by atoms with Gasteiger partial charge in [0.1, 0.15) is 11.7 Å². The monoisotopic (exact) mass is 289 g/mol. The Balaban J connectivity index is 1.63. The first-order valence-electron chi connectivity index (χ1n) is 7.85. The number of halogens is 1. The van der Waals surface area contributed by atoms with Gasteiger partial charge in [-0.25, -0.2) is 4.39 Å². The number of hydrogen-bond donors (Lipinski definition) is 2. The van der Waals surface area contributed by atoms with E-state index in [0.717, 1.165) is 24.3 Å². The van der Waals surface area contributed by atoms with Crippen molar-refractivity contribution in [2.24, 2.45) is 23.5 Å². The van der Waals surface area contributed by atoms with Crippen molar-refractivity contribution in [1.82, 2.24) is 4.90 Å². The van der Waals surface area contributed by atoms with E-state index in [1.807, 2.05) is 0 Å². The van der Waals surface area contributed by atoms with Crippen LogP contribution in [0.1, 0.15) is 36.8 Å². The molecule has 3 N–H and O–H groups in total. The van der Waals surface area contributed by atoms with Crippen LogP contribution in [0.5, 0.6) is 0 Å². The highest BCUT2D eigenvalue weighted by atomic mass is 19.1. The zero-order valence-corrected chi connectivity index (χ0v) is 12.6. The zero-order valence-electron chi connectivity index (χ0n) is 12.6. The molecule has 2 aliphatic carbocycles. The van der Waals surface area contributed by atoms with E-state index in [1.165, 1.54) is 25.7 Å². The highest BCUT2D eigenvalue weighted by molar-refractivity contribution is 5.95. The second kappa shape index (κ2) is 5.76. The third-order valence-corrected chi connectivity index (χ3v) is 5.24. The van der Waals surface area contributed by atoms with Crippen LogP contribution >= 0.6 is 0 Å². The number of nitrogen functional groups attached to an aromatic ring is 1. The van der Waals surface area contributed by atoms with Crippen molar-refractivity contribution in [3.8, 4) is 0 Å². The molecule has 3 unspecified atom stereocenters. The van der Waals surface area contributed by atoms with Gasteiger partial charge in [0, 0.05) is 18.7 Å². The lowest BCUT2D eigenvalue weighted by Crippen LogP contribution is -2.29. The molecule has 0 radical (unpaired) electrons. The minimum atomic E-state index is -0.343. The summed E-state index contributed by atoms with van der Waals surface area (Å²) < 4.78 is 14.3. The molecule has 1 aromatic carbocycles. The van der Waals surface area contributed by atoms with Crippen LogP contribution in [0.15, 0.2) is 18.2 Å². The van der Waals surface area contributed by atoms with Crippen LogP contribution in [0.4, 0.5) is 4.39 Å². The van der Waals surface area contributed by atoms with Gasteiger partial charge in [-0.1, -0.05) is 18.6 Å². The topological polar surface area (TPSA) is 53.1 Å². The van der Waals surface area contributed by atoms with E-state index in [1.54, 1.807) is 18.2 Å². The van der Waals surface area contributed by atoms with E-state index < -0.39 is 0 Å². The molecule has 114 valence electrons. The Hall–Kier alpha value is -1.42. The van der Waals surface area contributed by atoms with Crippen LogP contribution in [0.3, 0.4) is 0 Å². The van der Waals surface area contributed by atoms with Crippen LogP contribution in [0.2, 0.25) is 0 Å². The summed E-state index contributed by atoms with van der Waals surface area (Å²) in [5, 5.41) is 7.42. The number of hydrogen-bond acceptors (Lipinski definition) is 2. The average molecular weight is 289 g/mol. The van der Waals surface area contributed by atoms with Crippen molar-refractivity contribution in [1.29, 1.82) is 5.41 Å². The second-order valence-corrected chi connectivity index (χ2v) is 6.82. The minimum Gasteiger partial charge on any atom is -0.384 e. The van der Waals surface area contributed by atoms with Crippen molar-refractivity contribution in [2.45, 2.75) is 32.2 Å². The maximum Gasteiger partial charge on any atom is 0.138 e. The summed E-state index contributed by atoms with van der Waals surface area (Å²) in [6.45, 7) is 1.63. The molecule has 1 aromatic rings. The molecule has 0 saturated heterocycles. The normalized spacial score (nSPS) is 27.5. The largest absolute Gasteiger partial charge is 0.384 e. The molecule has 0 amide bonds. The Morgan fingerprint density at radius 1 is 1.38 bits per heavy atom. The summed E-state index contributed by atoms with van der Waals surface area (Å²) in [7, 11) is 2.06. The molecule has 0 heterocycles. The van der Waals surface area contributed by atoms with Gasteiger partial charge in [-0.2, -0.15) is 0 Å². The van der Waals surface area contributed by atoms with Gasteiger partial charge in [-0.3, -0.25) is 5.41 Å². The van der Waals surface area contributed by atoms with Crippen LogP contribution in [0, 0.1) is 29.0 Å². The predicted octanol–water partition coefficient (Wildman–Crippen LogP) is 2.98. The molecule has 3 atom stereocenters. The lowest BCUT2D eigenvalue weighted by atomic mass is 9.88. The molecular formula is C17H24FN3. The lowest BCUT2D eigenvalue weighted by molar-refractivity contribution is 0.213. The SMILES string of the molecule is CN(Cc1cccc(C(=N)N)c1F)CC1CC2CCC1C2. The van der Waals surface area contributed by atoms with Gasteiger partial charge in [-0.15, -0.1) is 0 Å². The summed E-state index contributed by atoms with van der Waals surface area (Å²) in [5.41, 5.74) is 6.26. The number of nitrogens with one attached hydrogen (secondary N) is 1. The fraction of sp³-hybridized carbons (Fsp3) is 0.588. The van der Waals surface area contributed by atoms with Crippen molar-refractivity contribution >= 4 is 5.84 Å². The fourth-order valence-electron chi connectivity index (χ4n) is 4.27. The van der Waals surface area contributed by atoms with E-state index in [2.05, 4.69) is 11.9 Å². The Bertz CT molecular complexity index is 543. The fourth-order valence-corrected chi connectivity index (χ4v) is 4.27. The second-order valence-electron chi connectivity index (χ2n) is 6.82. The number of benzene rings is 1. The first-order valence-corrected chi connectivity index (χ1v) is 7.85. The van der Waals surface area contributed by atoms with Crippen molar-refractivity contribution in [3.05, 3.63) is 35.1 Å². The summed E-state index contributed by atoms with van der Waals surface area (Å²) >= 11 is 0. The number of nitrogens with zero attached hydrogens (tertiary/aromatic N) is 1. The van der Waals surface area contributed by atoms with E-state index in [4.69, 9.17) is 11.1 Å². The van der Waals surface area contributed by atoms with Crippen molar-refractivity contribution in [3.63, 3.8) is 0 Å². The smallest absolute Gasteiger partial charge is 0.138 e. The lowest BCUT2D eigenvalue weighted by Gasteiger charge is -2.27. The average Bonchev–Trinajstić information content (AvgIpc) is 3.03. The molecule has 0 spiro atoms. The quantitative estimate of drug-likeness (QED) is 0.647. The van der Waals surface area contributed by atoms with Crippen molar-refractivity contribution < 1.29 is 4.39 Å². The molecule has 2 saturated carbocycles. The third-order valence-electron chi connectivity index (χ3n) is 5.24. The number of fused-ring (bicyclic) bond motifs is 2. The van der Waals surface area contributed by atoms with Gasteiger partial charge in [0.15, 0.2) is 0 Å². The molecule has 4 heteroatoms. The summed E-state index contributed by atoms with van der Waals surface area (Å²) in [6, 6.07) is 5.14. The van der Waals surface area contributed by atoms with E-state index in [0.29, 0.717) is 12.1 Å². The Morgan fingerprint density at radius 2 is 2.19 bits per heavy atom. The molecule has 2 fully saturated rings. The Labute approximate surface area is 125 Å². The van der Waals surface area contributed by atoms with Gasteiger partial charge >= 0.3 is 0 Å². The van der Waals surface area contributed by atoms with E-state index in [-0.39, 0.29) is 17.2 Å². The van der Waals surface area contributed by atoms with Crippen LogP contribution in [0.25, 0.3) is 0 Å². The number of amidine groups is 1. The maximum absolute atomic E-state index is 14.3. The molecule has 3 nitrogen and oxygen atoms in total. The van der Waals surface area contributed by atoms with Crippen molar-refractivity contribution in [2.75, 3.05) is 13.6 Å². The summed E-state index contributed by atoms with van der Waals surface area (Å²) in [5.74, 6) is 2.08. The van der Waals surface area contributed by atoms with E-state index in [9.17, 15) is 4.39 Å². The first-order chi connectivity index (χ1) is 10.0. The van der Waals surface area contributed by atoms with Crippen LogP contribution in [-0.2, 0) is 6.54 Å². The Kier molecular flexibility index (Phi) is 3.98. The Morgan fingerprint density at radius 3 is 2.81 bits per heavy atom. The van der Waals surface area contributed by atoms with E-state index >= 15 is 0 Å². The van der Waals surface area contributed by atoms with Gasteiger partial charge in [0.05, 0.1) is 5.56 Å². The molecule has 2 aliphatic rings. The standard InChI is InChI=1S/C17H24FN3/c1-21(10-14-8-11-5-6-12(14)7-11)9-13-3-2-4-15(16(13)18)17(19)20/h2-4,11-12,14H,5-10H2,1H3,(H3,19,20). The van der Waals surface area contributed by atoms with Crippen LogP contribution < -0.4 is 5.73 Å². The molecule has 0 aromatic heterocycles. The highest BCUT2D eigenvalue weighted by Crippen LogP contribution is 2.48. The summed E-state index contributed by atoms with van der Waals surface area (Å²) in [4.78, 5) is 2.22. The number of rotatable bonds is 5. The third kappa shape index (κ3) is 2.95. The van der Waals surface area contributed by atoms with Gasteiger partial charge in [0.2, 0.25) is 0 Å². The van der Waals surface area contributed by atoms with Crippen LogP contribution in [-0.4, -0.2) is 24.3 Å². The zero-order chi connectivity index (χ0) is 15.0. The highest BCUT2D eigenvalue weighted by Gasteiger charge is 2.39. The predicted molar refractivity (Wildman–Crippen MR) is 82.7 cm³/mol. The molecule has 2 bridgehead atoms. The minimum absolute atomic E-state index is 0.204. The van der Waals surface area contributed by atoms with Gasteiger partial charge < -0.3 is 10.6 Å². The first kappa shape index (κ1) is 14.5. The maximum atomic E-state index is 14.3. The summed E-state index contributed by atoms with van der Waals surface area (Å²) in [6.07, 6.45) is 5.56. The van der Waals surface area contributed by atoms with Gasteiger partial charge in [-0.05, 0) is 50.1 Å². The molecule has 21 heavy (non-hydrogen) atoms. The van der Waals surface area contributed by atoms with Gasteiger partial charge in [0.25, 0.3) is 0 Å².